The topological polar surface area (TPSA) is 23.6 Å². The molecule has 13 heavy (non-hydrogen) atoms. The van der Waals surface area contributed by atoms with Gasteiger partial charge in [0, 0.05) is 37.3 Å². The SMILES string of the molecule is CN(C)C1CN(C2=CC(=O)CC2)C1. The smallest absolute Gasteiger partial charge is 0.157 e. The summed E-state index contributed by atoms with van der Waals surface area (Å²) in [6, 6.07) is 0.677. The first kappa shape index (κ1) is 8.75. The third-order valence-electron chi connectivity index (χ3n) is 2.95. The van der Waals surface area contributed by atoms with E-state index in [0.29, 0.717) is 11.8 Å². The van der Waals surface area contributed by atoms with E-state index in [9.17, 15) is 4.79 Å². The Labute approximate surface area is 79.0 Å². The zero-order valence-corrected chi connectivity index (χ0v) is 8.29. The van der Waals surface area contributed by atoms with E-state index in [1.165, 1.54) is 5.70 Å². The van der Waals surface area contributed by atoms with Gasteiger partial charge in [-0.25, -0.2) is 0 Å². The number of ketones is 1. The van der Waals surface area contributed by atoms with Crippen LogP contribution in [0.2, 0.25) is 0 Å². The molecule has 0 unspecified atom stereocenters. The van der Waals surface area contributed by atoms with Gasteiger partial charge in [0.05, 0.1) is 0 Å². The number of likely N-dealkylation sites (tertiary alicyclic amines) is 1. The van der Waals surface area contributed by atoms with Crippen LogP contribution in [0.5, 0.6) is 0 Å². The van der Waals surface area contributed by atoms with Crippen molar-refractivity contribution < 1.29 is 4.79 Å². The molecule has 2 aliphatic rings. The molecule has 0 bridgehead atoms. The number of carbonyl (C=O) groups excluding carboxylic acids is 1. The molecule has 0 aromatic heterocycles. The van der Waals surface area contributed by atoms with Gasteiger partial charge in [0.2, 0.25) is 0 Å². The van der Waals surface area contributed by atoms with Gasteiger partial charge in [-0.2, -0.15) is 0 Å². The normalized spacial score (nSPS) is 23.8. The number of hydrogen-bond acceptors (Lipinski definition) is 3. The highest BCUT2D eigenvalue weighted by Crippen LogP contribution is 2.25. The summed E-state index contributed by atoms with van der Waals surface area (Å²) < 4.78 is 0. The molecule has 1 aliphatic carbocycles. The van der Waals surface area contributed by atoms with Gasteiger partial charge in [0.1, 0.15) is 0 Å². The van der Waals surface area contributed by atoms with Crippen LogP contribution in [0.1, 0.15) is 12.8 Å². The Morgan fingerprint density at radius 2 is 2.08 bits per heavy atom. The standard InChI is InChI=1S/C10H16N2O/c1-11(2)9-6-12(7-9)8-3-4-10(13)5-8/h5,9H,3-4,6-7H2,1-2H3. The second kappa shape index (κ2) is 3.14. The van der Waals surface area contributed by atoms with E-state index in [1.807, 2.05) is 6.08 Å². The minimum atomic E-state index is 0.295. The summed E-state index contributed by atoms with van der Waals surface area (Å²) in [5, 5.41) is 0. The van der Waals surface area contributed by atoms with Crippen molar-refractivity contribution in [2.45, 2.75) is 18.9 Å². The lowest BCUT2D eigenvalue weighted by Gasteiger charge is -2.44. The van der Waals surface area contributed by atoms with E-state index in [4.69, 9.17) is 0 Å². The maximum atomic E-state index is 11.0. The largest absolute Gasteiger partial charge is 0.371 e. The summed E-state index contributed by atoms with van der Waals surface area (Å²) in [4.78, 5) is 15.6. The summed E-state index contributed by atoms with van der Waals surface area (Å²) in [5.41, 5.74) is 1.25. The highest BCUT2D eigenvalue weighted by atomic mass is 16.1. The molecule has 0 amide bonds. The Morgan fingerprint density at radius 1 is 1.38 bits per heavy atom. The molecule has 72 valence electrons. The van der Waals surface area contributed by atoms with E-state index in [1.54, 1.807) is 0 Å². The predicted octanol–water partition coefficient (Wildman–Crippen LogP) is 0.479. The molecule has 1 aliphatic heterocycles. The predicted molar refractivity (Wildman–Crippen MR) is 51.4 cm³/mol. The Hall–Kier alpha value is -0.830. The molecule has 0 atom stereocenters. The molecule has 0 radical (unpaired) electrons. The van der Waals surface area contributed by atoms with Crippen LogP contribution < -0.4 is 0 Å². The molecule has 3 heteroatoms. The maximum absolute atomic E-state index is 11.0. The Balaban J connectivity index is 1.87. The summed E-state index contributed by atoms with van der Waals surface area (Å²) in [7, 11) is 4.21. The molecular formula is C10H16N2O. The summed E-state index contributed by atoms with van der Waals surface area (Å²) in [6.07, 6.45) is 3.49. The van der Waals surface area contributed by atoms with Gasteiger partial charge in [0.25, 0.3) is 0 Å². The summed E-state index contributed by atoms with van der Waals surface area (Å²) in [5.74, 6) is 0.295. The van der Waals surface area contributed by atoms with E-state index in [2.05, 4.69) is 23.9 Å². The second-order valence-electron chi connectivity index (χ2n) is 4.12. The van der Waals surface area contributed by atoms with Crippen LogP contribution in [-0.4, -0.2) is 48.8 Å². The zero-order chi connectivity index (χ0) is 9.42. The van der Waals surface area contributed by atoms with Crippen molar-refractivity contribution in [2.24, 2.45) is 0 Å². The van der Waals surface area contributed by atoms with Gasteiger partial charge in [-0.3, -0.25) is 4.79 Å². The molecular weight excluding hydrogens is 164 g/mol. The molecule has 1 heterocycles. The lowest BCUT2D eigenvalue weighted by molar-refractivity contribution is -0.114. The Morgan fingerprint density at radius 3 is 2.54 bits per heavy atom. The third kappa shape index (κ3) is 1.61. The van der Waals surface area contributed by atoms with Crippen LogP contribution in [0.4, 0.5) is 0 Å². The van der Waals surface area contributed by atoms with Crippen molar-refractivity contribution in [3.8, 4) is 0 Å². The average molecular weight is 180 g/mol. The van der Waals surface area contributed by atoms with E-state index in [0.717, 1.165) is 25.9 Å². The molecule has 0 spiro atoms. The van der Waals surface area contributed by atoms with Crippen molar-refractivity contribution in [3.63, 3.8) is 0 Å². The molecule has 1 fully saturated rings. The first-order valence-electron chi connectivity index (χ1n) is 4.81. The van der Waals surface area contributed by atoms with Crippen LogP contribution in [0.3, 0.4) is 0 Å². The van der Waals surface area contributed by atoms with Crippen molar-refractivity contribution in [3.05, 3.63) is 11.8 Å². The monoisotopic (exact) mass is 180 g/mol. The molecule has 0 aromatic rings. The van der Waals surface area contributed by atoms with E-state index >= 15 is 0 Å². The average Bonchev–Trinajstić information content (AvgIpc) is 2.31. The minimum Gasteiger partial charge on any atom is -0.371 e. The number of likely N-dealkylation sites (N-methyl/N-ethyl adjacent to an activating group) is 1. The second-order valence-corrected chi connectivity index (χ2v) is 4.12. The Bertz CT molecular complexity index is 252. The minimum absolute atomic E-state index is 0.295. The van der Waals surface area contributed by atoms with E-state index in [-0.39, 0.29) is 0 Å². The molecule has 0 aromatic carbocycles. The molecule has 0 saturated carbocycles. The van der Waals surface area contributed by atoms with Crippen LogP contribution in [0, 0.1) is 0 Å². The van der Waals surface area contributed by atoms with Gasteiger partial charge in [-0.1, -0.05) is 0 Å². The van der Waals surface area contributed by atoms with Crippen LogP contribution >= 0.6 is 0 Å². The van der Waals surface area contributed by atoms with Crippen molar-refractivity contribution >= 4 is 5.78 Å². The molecule has 1 saturated heterocycles. The highest BCUT2D eigenvalue weighted by Gasteiger charge is 2.31. The van der Waals surface area contributed by atoms with Crippen molar-refractivity contribution in [1.82, 2.24) is 9.80 Å². The fourth-order valence-corrected chi connectivity index (χ4v) is 1.85. The number of rotatable bonds is 2. The fourth-order valence-electron chi connectivity index (χ4n) is 1.85. The van der Waals surface area contributed by atoms with E-state index < -0.39 is 0 Å². The lowest BCUT2D eigenvalue weighted by atomic mass is 10.1. The van der Waals surface area contributed by atoms with Crippen molar-refractivity contribution in [2.75, 3.05) is 27.2 Å². The quantitative estimate of drug-likeness (QED) is 0.617. The van der Waals surface area contributed by atoms with Crippen molar-refractivity contribution in [1.29, 1.82) is 0 Å². The van der Waals surface area contributed by atoms with Gasteiger partial charge in [-0.05, 0) is 20.5 Å². The van der Waals surface area contributed by atoms with Crippen LogP contribution in [0.25, 0.3) is 0 Å². The Kier molecular flexibility index (Phi) is 2.12. The first-order valence-corrected chi connectivity index (χ1v) is 4.81. The lowest BCUT2D eigenvalue weighted by Crippen LogP contribution is -2.56. The number of carbonyl (C=O) groups is 1. The highest BCUT2D eigenvalue weighted by molar-refractivity contribution is 5.92. The van der Waals surface area contributed by atoms with Gasteiger partial charge >= 0.3 is 0 Å². The summed E-state index contributed by atoms with van der Waals surface area (Å²) >= 11 is 0. The number of allylic oxidation sites excluding steroid dienone is 2. The number of hydrogen-bond donors (Lipinski definition) is 0. The molecule has 2 rings (SSSR count). The molecule has 3 nitrogen and oxygen atoms in total. The van der Waals surface area contributed by atoms with Gasteiger partial charge in [0.15, 0.2) is 5.78 Å². The fraction of sp³-hybridized carbons (Fsp3) is 0.700. The summed E-state index contributed by atoms with van der Waals surface area (Å²) in [6.45, 7) is 2.18. The molecule has 0 N–H and O–H groups in total. The maximum Gasteiger partial charge on any atom is 0.157 e. The first-order chi connectivity index (χ1) is 6.16. The van der Waals surface area contributed by atoms with Crippen LogP contribution in [0.15, 0.2) is 11.8 Å². The van der Waals surface area contributed by atoms with Crippen LogP contribution in [-0.2, 0) is 4.79 Å². The zero-order valence-electron chi connectivity index (χ0n) is 8.29. The van der Waals surface area contributed by atoms with Gasteiger partial charge in [-0.15, -0.1) is 0 Å². The number of nitrogens with zero attached hydrogens (tertiary/aromatic N) is 2. The van der Waals surface area contributed by atoms with Gasteiger partial charge < -0.3 is 9.80 Å². The third-order valence-corrected chi connectivity index (χ3v) is 2.95.